The lowest BCUT2D eigenvalue weighted by atomic mass is 9.91. The van der Waals surface area contributed by atoms with Gasteiger partial charge < -0.3 is 14.6 Å². The van der Waals surface area contributed by atoms with Crippen LogP contribution in [0.3, 0.4) is 0 Å². The maximum Gasteiger partial charge on any atom is 0.0600 e. The van der Waals surface area contributed by atoms with E-state index in [0.29, 0.717) is 12.0 Å². The molecule has 0 radical (unpaired) electrons. The highest BCUT2D eigenvalue weighted by Gasteiger charge is 2.23. The first-order valence-electron chi connectivity index (χ1n) is 6.22. The third kappa shape index (κ3) is 3.74. The Labute approximate surface area is 91.8 Å². The van der Waals surface area contributed by atoms with Gasteiger partial charge in [0.05, 0.1) is 12.2 Å². The van der Waals surface area contributed by atoms with E-state index in [4.69, 9.17) is 9.47 Å². The van der Waals surface area contributed by atoms with E-state index in [1.807, 2.05) is 0 Å². The van der Waals surface area contributed by atoms with E-state index in [-0.39, 0.29) is 6.10 Å². The summed E-state index contributed by atoms with van der Waals surface area (Å²) >= 11 is 0. The first kappa shape index (κ1) is 11.4. The Morgan fingerprint density at radius 2 is 1.87 bits per heavy atom. The van der Waals surface area contributed by atoms with Crippen molar-refractivity contribution in [3.05, 3.63) is 0 Å². The Hall–Kier alpha value is -0.120. The number of hydrogen-bond acceptors (Lipinski definition) is 3. The molecule has 2 saturated heterocycles. The lowest BCUT2D eigenvalue weighted by molar-refractivity contribution is 0.0195. The van der Waals surface area contributed by atoms with Gasteiger partial charge in [-0.05, 0) is 44.4 Å². The molecule has 2 unspecified atom stereocenters. The fourth-order valence-electron chi connectivity index (χ4n) is 2.60. The zero-order chi connectivity index (χ0) is 10.5. The van der Waals surface area contributed by atoms with Crippen LogP contribution >= 0.6 is 0 Å². The molecule has 2 heterocycles. The summed E-state index contributed by atoms with van der Waals surface area (Å²) in [7, 11) is 0. The molecule has 0 saturated carbocycles. The van der Waals surface area contributed by atoms with Crippen molar-refractivity contribution in [2.75, 3.05) is 19.8 Å². The lowest BCUT2D eigenvalue weighted by Gasteiger charge is -2.25. The summed E-state index contributed by atoms with van der Waals surface area (Å²) in [5.41, 5.74) is 0. The second-order valence-corrected chi connectivity index (χ2v) is 4.82. The first-order valence-corrected chi connectivity index (χ1v) is 6.22. The maximum absolute atomic E-state index is 9.94. The van der Waals surface area contributed by atoms with Gasteiger partial charge >= 0.3 is 0 Å². The predicted octanol–water partition coefficient (Wildman–Crippen LogP) is 1.73. The zero-order valence-electron chi connectivity index (χ0n) is 9.36. The Kier molecular flexibility index (Phi) is 4.42. The molecule has 15 heavy (non-hydrogen) atoms. The smallest absolute Gasteiger partial charge is 0.0600 e. The van der Waals surface area contributed by atoms with Gasteiger partial charge in [0.2, 0.25) is 0 Å². The standard InChI is InChI=1S/C12H22O3/c13-11(9-12-2-1-5-15-12)8-10-3-6-14-7-4-10/h10-13H,1-9H2. The van der Waals surface area contributed by atoms with Crippen molar-refractivity contribution < 1.29 is 14.6 Å². The van der Waals surface area contributed by atoms with E-state index in [0.717, 1.165) is 58.3 Å². The van der Waals surface area contributed by atoms with E-state index >= 15 is 0 Å². The molecule has 0 amide bonds. The van der Waals surface area contributed by atoms with E-state index in [9.17, 15) is 5.11 Å². The largest absolute Gasteiger partial charge is 0.393 e. The van der Waals surface area contributed by atoms with Gasteiger partial charge in [-0.1, -0.05) is 0 Å². The summed E-state index contributed by atoms with van der Waals surface area (Å²) in [5.74, 6) is 0.662. The van der Waals surface area contributed by atoms with Crippen LogP contribution in [-0.4, -0.2) is 37.1 Å². The Bertz CT molecular complexity index is 172. The molecule has 2 fully saturated rings. The average Bonchev–Trinajstić information content (AvgIpc) is 2.71. The molecule has 2 rings (SSSR count). The summed E-state index contributed by atoms with van der Waals surface area (Å²) in [4.78, 5) is 0. The molecule has 0 aromatic carbocycles. The van der Waals surface area contributed by atoms with Crippen LogP contribution in [0.5, 0.6) is 0 Å². The van der Waals surface area contributed by atoms with Crippen LogP contribution in [0.1, 0.15) is 38.5 Å². The highest BCUT2D eigenvalue weighted by atomic mass is 16.5. The van der Waals surface area contributed by atoms with Gasteiger partial charge in [-0.3, -0.25) is 0 Å². The lowest BCUT2D eigenvalue weighted by Crippen LogP contribution is -2.24. The van der Waals surface area contributed by atoms with Crippen molar-refractivity contribution >= 4 is 0 Å². The molecule has 3 nitrogen and oxygen atoms in total. The first-order chi connectivity index (χ1) is 7.34. The van der Waals surface area contributed by atoms with Gasteiger partial charge in [-0.25, -0.2) is 0 Å². The summed E-state index contributed by atoms with van der Waals surface area (Å²) in [6, 6.07) is 0. The average molecular weight is 214 g/mol. The molecule has 0 aliphatic carbocycles. The van der Waals surface area contributed by atoms with Gasteiger partial charge in [0, 0.05) is 19.8 Å². The van der Waals surface area contributed by atoms with E-state index in [1.165, 1.54) is 0 Å². The van der Waals surface area contributed by atoms with Crippen molar-refractivity contribution in [3.8, 4) is 0 Å². The normalized spacial score (nSPS) is 30.6. The number of hydrogen-bond donors (Lipinski definition) is 1. The summed E-state index contributed by atoms with van der Waals surface area (Å²) in [6.07, 6.45) is 6.43. The molecule has 0 aromatic heterocycles. The van der Waals surface area contributed by atoms with Gasteiger partial charge in [0.1, 0.15) is 0 Å². The second-order valence-electron chi connectivity index (χ2n) is 4.82. The second kappa shape index (κ2) is 5.83. The monoisotopic (exact) mass is 214 g/mol. The molecule has 0 bridgehead atoms. The Morgan fingerprint density at radius 3 is 2.53 bits per heavy atom. The molecule has 88 valence electrons. The molecule has 2 aliphatic heterocycles. The Balaban J connectivity index is 1.64. The number of rotatable bonds is 4. The fraction of sp³-hybridized carbons (Fsp3) is 1.00. The topological polar surface area (TPSA) is 38.7 Å². The SMILES string of the molecule is OC(CC1CCOCC1)CC1CCCO1. The molecular formula is C12H22O3. The van der Waals surface area contributed by atoms with Crippen molar-refractivity contribution in [2.45, 2.75) is 50.7 Å². The summed E-state index contributed by atoms with van der Waals surface area (Å²) in [5, 5.41) is 9.94. The van der Waals surface area contributed by atoms with Crippen molar-refractivity contribution in [1.29, 1.82) is 0 Å². The third-order valence-corrected chi connectivity index (χ3v) is 3.51. The highest BCUT2D eigenvalue weighted by molar-refractivity contribution is 4.73. The van der Waals surface area contributed by atoms with Gasteiger partial charge in [0.25, 0.3) is 0 Å². The molecule has 2 aliphatic rings. The highest BCUT2D eigenvalue weighted by Crippen LogP contribution is 2.24. The quantitative estimate of drug-likeness (QED) is 0.774. The molecular weight excluding hydrogens is 192 g/mol. The Morgan fingerprint density at radius 1 is 1.07 bits per heavy atom. The minimum atomic E-state index is -0.170. The van der Waals surface area contributed by atoms with E-state index in [2.05, 4.69) is 0 Å². The van der Waals surface area contributed by atoms with E-state index in [1.54, 1.807) is 0 Å². The summed E-state index contributed by atoms with van der Waals surface area (Å²) in [6.45, 7) is 2.63. The van der Waals surface area contributed by atoms with Crippen LogP contribution < -0.4 is 0 Å². The maximum atomic E-state index is 9.94. The van der Waals surface area contributed by atoms with Crippen LogP contribution in [0.25, 0.3) is 0 Å². The van der Waals surface area contributed by atoms with Crippen molar-refractivity contribution in [3.63, 3.8) is 0 Å². The molecule has 2 atom stereocenters. The minimum Gasteiger partial charge on any atom is -0.393 e. The molecule has 0 aromatic rings. The predicted molar refractivity (Wildman–Crippen MR) is 57.8 cm³/mol. The third-order valence-electron chi connectivity index (χ3n) is 3.51. The summed E-state index contributed by atoms with van der Waals surface area (Å²) < 4.78 is 10.8. The van der Waals surface area contributed by atoms with Crippen LogP contribution in [0.15, 0.2) is 0 Å². The number of aliphatic hydroxyl groups excluding tert-OH is 1. The van der Waals surface area contributed by atoms with Gasteiger partial charge in [0.15, 0.2) is 0 Å². The van der Waals surface area contributed by atoms with E-state index < -0.39 is 0 Å². The number of aliphatic hydroxyl groups is 1. The van der Waals surface area contributed by atoms with Crippen molar-refractivity contribution in [1.82, 2.24) is 0 Å². The van der Waals surface area contributed by atoms with Gasteiger partial charge in [-0.2, -0.15) is 0 Å². The van der Waals surface area contributed by atoms with Crippen molar-refractivity contribution in [2.24, 2.45) is 5.92 Å². The molecule has 0 spiro atoms. The van der Waals surface area contributed by atoms with Gasteiger partial charge in [-0.15, -0.1) is 0 Å². The molecule has 1 N–H and O–H groups in total. The van der Waals surface area contributed by atoms with Crippen LogP contribution in [0, 0.1) is 5.92 Å². The number of ether oxygens (including phenoxy) is 2. The minimum absolute atomic E-state index is 0.170. The van der Waals surface area contributed by atoms with Crippen LogP contribution in [0.4, 0.5) is 0 Å². The zero-order valence-corrected chi connectivity index (χ0v) is 9.36. The molecule has 3 heteroatoms. The van der Waals surface area contributed by atoms with Crippen LogP contribution in [0.2, 0.25) is 0 Å². The van der Waals surface area contributed by atoms with Crippen LogP contribution in [-0.2, 0) is 9.47 Å². The fourth-order valence-corrected chi connectivity index (χ4v) is 2.60.